The first-order valence-corrected chi connectivity index (χ1v) is 9.06. The van der Waals surface area contributed by atoms with Crippen molar-refractivity contribution in [2.75, 3.05) is 88.3 Å². The molecular formula is C18H47N5. The summed E-state index contributed by atoms with van der Waals surface area (Å²) in [6, 6.07) is 0. The van der Waals surface area contributed by atoms with Gasteiger partial charge in [-0.2, -0.15) is 0 Å². The van der Waals surface area contributed by atoms with Crippen LogP contribution in [0.25, 0.3) is 0 Å². The van der Waals surface area contributed by atoms with Crippen molar-refractivity contribution >= 4 is 0 Å². The van der Waals surface area contributed by atoms with E-state index in [-0.39, 0.29) is 0 Å². The lowest BCUT2D eigenvalue weighted by molar-refractivity contribution is 0.192. The van der Waals surface area contributed by atoms with E-state index in [0.717, 1.165) is 46.1 Å². The Bertz CT molecular complexity index is 202. The Hall–Kier alpha value is -0.200. The van der Waals surface area contributed by atoms with E-state index in [1.807, 2.05) is 0 Å². The maximum atomic E-state index is 2.38. The van der Waals surface area contributed by atoms with Crippen LogP contribution in [0.4, 0.5) is 0 Å². The van der Waals surface area contributed by atoms with Crippen LogP contribution in [0.3, 0.4) is 0 Å². The molecule has 23 heavy (non-hydrogen) atoms. The summed E-state index contributed by atoms with van der Waals surface area (Å²) in [5, 5.41) is 0. The number of nitrogens with zero attached hydrogens (tertiary/aromatic N) is 5. The fourth-order valence-corrected chi connectivity index (χ4v) is 1.63. The third kappa shape index (κ3) is 27.0. The Labute approximate surface area is 148 Å². The predicted octanol–water partition coefficient (Wildman–Crippen LogP) is 2.26. The summed E-state index contributed by atoms with van der Waals surface area (Å²) in [6.45, 7) is 18.7. The van der Waals surface area contributed by atoms with Gasteiger partial charge in [0, 0.05) is 13.3 Å². The van der Waals surface area contributed by atoms with E-state index in [1.165, 1.54) is 0 Å². The topological polar surface area (TPSA) is 16.2 Å². The van der Waals surface area contributed by atoms with Gasteiger partial charge in [0.1, 0.15) is 0 Å². The number of rotatable bonds is 9. The second-order valence-electron chi connectivity index (χ2n) is 6.41. The number of hydrogen-bond donors (Lipinski definition) is 0. The molecule has 0 aromatic rings. The molecule has 0 aromatic heterocycles. The molecule has 5 nitrogen and oxygen atoms in total. The Morgan fingerprint density at radius 3 is 0.870 bits per heavy atom. The van der Waals surface area contributed by atoms with Gasteiger partial charge in [-0.3, -0.25) is 19.6 Å². The zero-order valence-corrected chi connectivity index (χ0v) is 18.2. The second kappa shape index (κ2) is 19.8. The van der Waals surface area contributed by atoms with Gasteiger partial charge >= 0.3 is 0 Å². The van der Waals surface area contributed by atoms with E-state index in [1.54, 1.807) is 0 Å². The summed E-state index contributed by atoms with van der Waals surface area (Å²) in [5.41, 5.74) is 0. The van der Waals surface area contributed by atoms with Crippen LogP contribution >= 0.6 is 0 Å². The van der Waals surface area contributed by atoms with Gasteiger partial charge in [0.25, 0.3) is 0 Å². The van der Waals surface area contributed by atoms with Gasteiger partial charge in [-0.1, -0.05) is 34.6 Å². The van der Waals surface area contributed by atoms with Crippen LogP contribution in [-0.2, 0) is 0 Å². The first-order valence-electron chi connectivity index (χ1n) is 9.06. The van der Waals surface area contributed by atoms with Crippen molar-refractivity contribution in [3.8, 4) is 0 Å². The summed E-state index contributed by atoms with van der Waals surface area (Å²) in [7, 11) is 12.6. The third-order valence-corrected chi connectivity index (χ3v) is 3.52. The van der Waals surface area contributed by atoms with Crippen LogP contribution in [0.1, 0.15) is 34.6 Å². The van der Waals surface area contributed by atoms with E-state index in [0.29, 0.717) is 0 Å². The molecule has 0 aromatic carbocycles. The van der Waals surface area contributed by atoms with E-state index < -0.39 is 0 Å². The fraction of sp³-hybridized carbons (Fsp3) is 1.00. The van der Waals surface area contributed by atoms with E-state index in [9.17, 15) is 0 Å². The molecule has 0 saturated carbocycles. The fourth-order valence-electron chi connectivity index (χ4n) is 1.63. The largest absolute Gasteiger partial charge is 0.307 e. The first kappa shape index (κ1) is 27.6. The molecule has 0 radical (unpaired) electrons. The van der Waals surface area contributed by atoms with Gasteiger partial charge in [0.15, 0.2) is 0 Å². The summed E-state index contributed by atoms with van der Waals surface area (Å²) in [6.07, 6.45) is 0. The minimum Gasteiger partial charge on any atom is -0.307 e. The lowest BCUT2D eigenvalue weighted by Gasteiger charge is -2.22. The monoisotopic (exact) mass is 333 g/mol. The van der Waals surface area contributed by atoms with Crippen LogP contribution in [0, 0.1) is 0 Å². The predicted molar refractivity (Wildman–Crippen MR) is 107 cm³/mol. The lowest BCUT2D eigenvalue weighted by Crippen LogP contribution is -2.33. The average molecular weight is 334 g/mol. The molecule has 0 bridgehead atoms. The molecule has 0 aliphatic heterocycles. The van der Waals surface area contributed by atoms with Crippen LogP contribution < -0.4 is 0 Å². The van der Waals surface area contributed by atoms with Crippen LogP contribution in [0.15, 0.2) is 0 Å². The van der Waals surface area contributed by atoms with Gasteiger partial charge in [0.05, 0.1) is 0 Å². The highest BCUT2D eigenvalue weighted by atomic mass is 15.3. The molecule has 0 heterocycles. The summed E-state index contributed by atoms with van der Waals surface area (Å²) in [4.78, 5) is 11.2. The molecule has 0 rings (SSSR count). The zero-order valence-electron chi connectivity index (χ0n) is 18.2. The molecular weight excluding hydrogens is 286 g/mol. The van der Waals surface area contributed by atoms with E-state index in [4.69, 9.17) is 0 Å². The Morgan fingerprint density at radius 1 is 0.435 bits per heavy atom. The maximum absolute atomic E-state index is 2.38. The van der Waals surface area contributed by atoms with Crippen molar-refractivity contribution in [1.82, 2.24) is 24.5 Å². The van der Waals surface area contributed by atoms with Crippen LogP contribution in [-0.4, -0.2) is 113 Å². The maximum Gasteiger partial charge on any atom is 0.0500 e. The van der Waals surface area contributed by atoms with E-state index in [2.05, 4.69) is 101 Å². The van der Waals surface area contributed by atoms with Gasteiger partial charge in [-0.05, 0) is 75.0 Å². The first-order chi connectivity index (χ1) is 10.7. The SMILES string of the molecule is CCN(C)CC.CCN(C)CN(C)C.CCN(CC)CN(C)C. The summed E-state index contributed by atoms with van der Waals surface area (Å²) >= 11 is 0. The molecule has 5 heteroatoms. The molecule has 0 fully saturated rings. The summed E-state index contributed by atoms with van der Waals surface area (Å²) in [5.74, 6) is 0. The van der Waals surface area contributed by atoms with Crippen molar-refractivity contribution < 1.29 is 0 Å². The molecule has 0 unspecified atom stereocenters. The molecule has 0 atom stereocenters. The number of hydrogen-bond acceptors (Lipinski definition) is 5. The molecule has 0 spiro atoms. The van der Waals surface area contributed by atoms with Crippen LogP contribution in [0.5, 0.6) is 0 Å². The van der Waals surface area contributed by atoms with Crippen molar-refractivity contribution in [3.63, 3.8) is 0 Å². The Kier molecular flexibility index (Phi) is 23.8. The summed E-state index contributed by atoms with van der Waals surface area (Å²) < 4.78 is 0. The molecule has 0 aliphatic rings. The van der Waals surface area contributed by atoms with Crippen molar-refractivity contribution in [1.29, 1.82) is 0 Å². The highest BCUT2D eigenvalue weighted by Gasteiger charge is 1.97. The smallest absolute Gasteiger partial charge is 0.0500 e. The lowest BCUT2D eigenvalue weighted by atomic mass is 10.5. The second-order valence-corrected chi connectivity index (χ2v) is 6.41. The van der Waals surface area contributed by atoms with Crippen LogP contribution in [0.2, 0.25) is 0 Å². The molecule has 0 N–H and O–H groups in total. The molecule has 0 saturated heterocycles. The minimum absolute atomic E-state index is 1.05. The normalized spacial score (nSPS) is 11.0. The van der Waals surface area contributed by atoms with E-state index >= 15 is 0 Å². The molecule has 0 amide bonds. The highest BCUT2D eigenvalue weighted by molar-refractivity contribution is 4.47. The third-order valence-electron chi connectivity index (χ3n) is 3.52. The highest BCUT2D eigenvalue weighted by Crippen LogP contribution is 1.86. The van der Waals surface area contributed by atoms with Crippen molar-refractivity contribution in [2.45, 2.75) is 34.6 Å². The quantitative estimate of drug-likeness (QED) is 0.600. The molecule has 144 valence electrons. The Morgan fingerprint density at radius 2 is 0.783 bits per heavy atom. The van der Waals surface area contributed by atoms with Crippen molar-refractivity contribution in [3.05, 3.63) is 0 Å². The Balaban J connectivity index is -0.000000266. The van der Waals surface area contributed by atoms with Gasteiger partial charge < -0.3 is 4.90 Å². The average Bonchev–Trinajstić information content (AvgIpc) is 2.51. The van der Waals surface area contributed by atoms with Crippen molar-refractivity contribution in [2.24, 2.45) is 0 Å². The zero-order chi connectivity index (χ0) is 18.8. The standard InChI is InChI=1S/C7H18N2.C6H16N2.C5H13N/c1-5-9(6-2)7-8(3)4;1-5-8(4)6-7(2)3;1-4-6(3)5-2/h5-7H2,1-4H3;5-6H2,1-4H3;4-5H2,1-3H3. The van der Waals surface area contributed by atoms with Gasteiger partial charge in [-0.25, -0.2) is 0 Å². The minimum atomic E-state index is 1.05. The van der Waals surface area contributed by atoms with Gasteiger partial charge in [-0.15, -0.1) is 0 Å². The van der Waals surface area contributed by atoms with Gasteiger partial charge in [0.2, 0.25) is 0 Å². The molecule has 0 aliphatic carbocycles.